The third-order valence-corrected chi connectivity index (χ3v) is 2.22. The molecule has 1 rings (SSSR count). The van der Waals surface area contributed by atoms with Gasteiger partial charge in [0.2, 0.25) is 0 Å². The first-order valence-corrected chi connectivity index (χ1v) is 4.37. The molecule has 0 amide bonds. The fourth-order valence-electron chi connectivity index (χ4n) is 0.960. The summed E-state index contributed by atoms with van der Waals surface area (Å²) in [5.74, 6) is 0. The summed E-state index contributed by atoms with van der Waals surface area (Å²) in [6, 6.07) is 0. The molecule has 0 saturated carbocycles. The molecule has 1 unspecified atom stereocenters. The Morgan fingerprint density at radius 3 is 2.75 bits per heavy atom. The summed E-state index contributed by atoms with van der Waals surface area (Å²) < 4.78 is 0. The Morgan fingerprint density at radius 1 is 1.75 bits per heavy atom. The van der Waals surface area contributed by atoms with Crippen LogP contribution < -0.4 is 0 Å². The van der Waals surface area contributed by atoms with Crippen LogP contribution in [0.2, 0.25) is 5.54 Å². The minimum absolute atomic E-state index is 0.824. The Labute approximate surface area is 53.7 Å². The first-order chi connectivity index (χ1) is 3.83. The van der Waals surface area contributed by atoms with E-state index in [2.05, 4.69) is 25.2 Å². The molecule has 1 aliphatic carbocycles. The summed E-state index contributed by atoms with van der Waals surface area (Å²) >= 11 is 0. The molecule has 0 radical (unpaired) electrons. The fraction of sp³-hybridized carbons (Fsp3) is 0.429. The highest BCUT2D eigenvalue weighted by molar-refractivity contribution is 6.14. The van der Waals surface area contributed by atoms with Crippen molar-refractivity contribution >= 4 is 10.2 Å². The van der Waals surface area contributed by atoms with Gasteiger partial charge in [0.25, 0.3) is 0 Å². The molecular weight excluding hydrogens is 112 g/mol. The topological polar surface area (TPSA) is 0 Å². The van der Waals surface area contributed by atoms with Gasteiger partial charge in [-0.1, -0.05) is 30.7 Å². The van der Waals surface area contributed by atoms with Crippen LogP contribution >= 0.6 is 0 Å². The average Bonchev–Trinajstić information content (AvgIpc) is 2.14. The second kappa shape index (κ2) is 2.31. The third-order valence-electron chi connectivity index (χ3n) is 1.50. The van der Waals surface area contributed by atoms with Gasteiger partial charge in [0.05, 0.1) is 0 Å². The van der Waals surface area contributed by atoms with Gasteiger partial charge in [0, 0.05) is 10.2 Å². The van der Waals surface area contributed by atoms with Crippen molar-refractivity contribution in [3.63, 3.8) is 0 Å². The van der Waals surface area contributed by atoms with E-state index in [0.717, 1.165) is 5.54 Å². The van der Waals surface area contributed by atoms with Crippen LogP contribution in [0.15, 0.2) is 23.8 Å². The highest BCUT2D eigenvalue weighted by Crippen LogP contribution is 2.19. The predicted octanol–water partition coefficient (Wildman–Crippen LogP) is 1.05. The van der Waals surface area contributed by atoms with Crippen LogP contribution in [0.4, 0.5) is 0 Å². The van der Waals surface area contributed by atoms with Gasteiger partial charge in [-0.05, 0) is 12.0 Å². The lowest BCUT2D eigenvalue weighted by atomic mass is 10.2. The first-order valence-electron chi connectivity index (χ1n) is 3.22. The molecule has 0 heterocycles. The summed E-state index contributed by atoms with van der Waals surface area (Å²) in [5.41, 5.74) is 2.34. The Hall–Kier alpha value is -0.303. The van der Waals surface area contributed by atoms with Gasteiger partial charge in [-0.3, -0.25) is 0 Å². The molecule has 0 nitrogen and oxygen atoms in total. The molecule has 0 aliphatic heterocycles. The molecule has 44 valence electrons. The summed E-state index contributed by atoms with van der Waals surface area (Å²) in [4.78, 5) is 0. The van der Waals surface area contributed by atoms with E-state index < -0.39 is 0 Å². The SMILES string of the molecule is CCC1=CC([SiH3])C=C1. The zero-order valence-electron chi connectivity index (χ0n) is 5.52. The van der Waals surface area contributed by atoms with Gasteiger partial charge in [0.15, 0.2) is 0 Å². The van der Waals surface area contributed by atoms with Gasteiger partial charge in [-0.15, -0.1) is 0 Å². The van der Waals surface area contributed by atoms with E-state index in [1.54, 1.807) is 0 Å². The van der Waals surface area contributed by atoms with E-state index in [0.29, 0.717) is 0 Å². The van der Waals surface area contributed by atoms with Gasteiger partial charge in [0.1, 0.15) is 0 Å². The van der Waals surface area contributed by atoms with E-state index in [4.69, 9.17) is 0 Å². The van der Waals surface area contributed by atoms with Crippen molar-refractivity contribution in [1.29, 1.82) is 0 Å². The Morgan fingerprint density at radius 2 is 2.50 bits per heavy atom. The molecule has 0 saturated heterocycles. The smallest absolute Gasteiger partial charge is 0.0163 e. The highest BCUT2D eigenvalue weighted by atomic mass is 28.1. The van der Waals surface area contributed by atoms with Crippen LogP contribution in [0.25, 0.3) is 0 Å². The van der Waals surface area contributed by atoms with Crippen LogP contribution in [0.1, 0.15) is 13.3 Å². The normalized spacial score (nSPS) is 26.6. The maximum Gasteiger partial charge on any atom is 0.0163 e. The number of rotatable bonds is 1. The van der Waals surface area contributed by atoms with Crippen molar-refractivity contribution < 1.29 is 0 Å². The molecule has 0 N–H and O–H groups in total. The Balaban J connectivity index is 2.58. The average molecular weight is 124 g/mol. The molecule has 0 fully saturated rings. The van der Waals surface area contributed by atoms with E-state index >= 15 is 0 Å². The molecule has 1 aliphatic rings. The Bertz CT molecular complexity index is 133. The van der Waals surface area contributed by atoms with Gasteiger partial charge >= 0.3 is 0 Å². The zero-order chi connectivity index (χ0) is 5.98. The molecule has 8 heavy (non-hydrogen) atoms. The molecular formula is C7H12Si. The zero-order valence-corrected chi connectivity index (χ0v) is 7.52. The van der Waals surface area contributed by atoms with Crippen LogP contribution in [0, 0.1) is 0 Å². The molecule has 0 aromatic rings. The standard InChI is InChI=1S/C7H12Si/c1-2-6-3-4-7(8)5-6/h3-5,7H,2H2,1,8H3. The molecule has 0 bridgehead atoms. The minimum atomic E-state index is 0.824. The van der Waals surface area contributed by atoms with Gasteiger partial charge in [-0.2, -0.15) is 0 Å². The first kappa shape index (κ1) is 5.83. The molecule has 1 heteroatoms. The summed E-state index contributed by atoms with van der Waals surface area (Å²) in [7, 11) is 1.28. The summed E-state index contributed by atoms with van der Waals surface area (Å²) in [6.45, 7) is 2.20. The van der Waals surface area contributed by atoms with Crippen LogP contribution in [-0.4, -0.2) is 10.2 Å². The van der Waals surface area contributed by atoms with E-state index in [1.807, 2.05) is 0 Å². The van der Waals surface area contributed by atoms with Crippen LogP contribution in [0.5, 0.6) is 0 Å². The van der Waals surface area contributed by atoms with Crippen LogP contribution in [-0.2, 0) is 0 Å². The lowest BCUT2D eigenvalue weighted by Gasteiger charge is -1.88. The van der Waals surface area contributed by atoms with Crippen molar-refractivity contribution in [2.75, 3.05) is 0 Å². The van der Waals surface area contributed by atoms with Crippen LogP contribution in [0.3, 0.4) is 0 Å². The van der Waals surface area contributed by atoms with Crippen molar-refractivity contribution in [3.8, 4) is 0 Å². The predicted molar refractivity (Wildman–Crippen MR) is 41.2 cm³/mol. The number of allylic oxidation sites excluding steroid dienone is 4. The fourth-order valence-corrected chi connectivity index (χ4v) is 1.58. The van der Waals surface area contributed by atoms with Crippen molar-refractivity contribution in [2.24, 2.45) is 0 Å². The van der Waals surface area contributed by atoms with Crippen molar-refractivity contribution in [2.45, 2.75) is 18.9 Å². The van der Waals surface area contributed by atoms with E-state index in [1.165, 1.54) is 22.2 Å². The highest BCUT2D eigenvalue weighted by Gasteiger charge is 1.99. The maximum atomic E-state index is 2.37. The molecule has 0 aromatic heterocycles. The van der Waals surface area contributed by atoms with Crippen molar-refractivity contribution in [1.82, 2.24) is 0 Å². The number of hydrogen-bond donors (Lipinski definition) is 0. The number of hydrogen-bond acceptors (Lipinski definition) is 0. The summed E-state index contributed by atoms with van der Waals surface area (Å²) in [6.07, 6.45) is 8.12. The lowest BCUT2D eigenvalue weighted by molar-refractivity contribution is 1.15. The quantitative estimate of drug-likeness (QED) is 0.458. The Kier molecular flexibility index (Phi) is 1.68. The van der Waals surface area contributed by atoms with E-state index in [-0.39, 0.29) is 0 Å². The largest absolute Gasteiger partial charge is 0.0811 e. The summed E-state index contributed by atoms with van der Waals surface area (Å²) in [5, 5.41) is 0. The van der Waals surface area contributed by atoms with Crippen molar-refractivity contribution in [3.05, 3.63) is 23.8 Å². The second-order valence-corrected chi connectivity index (χ2v) is 3.65. The maximum absolute atomic E-state index is 2.37. The lowest BCUT2D eigenvalue weighted by Crippen LogP contribution is -1.74. The minimum Gasteiger partial charge on any atom is -0.0811 e. The van der Waals surface area contributed by atoms with E-state index in [9.17, 15) is 0 Å². The third kappa shape index (κ3) is 1.10. The molecule has 0 spiro atoms. The monoisotopic (exact) mass is 124 g/mol. The molecule has 0 aromatic carbocycles. The molecule has 1 atom stereocenters. The second-order valence-electron chi connectivity index (χ2n) is 2.31. The van der Waals surface area contributed by atoms with Gasteiger partial charge in [-0.25, -0.2) is 0 Å². The van der Waals surface area contributed by atoms with Gasteiger partial charge < -0.3 is 0 Å².